The molecule has 10 rings (SSSR count). The largest absolute Gasteiger partial charge is 0.491 e. The number of benzene rings is 2. The van der Waals surface area contributed by atoms with Crippen LogP contribution in [0.25, 0.3) is 10.8 Å². The standard InChI is InChI=1S/C34H44O4/c35-3-5-37-31-14-30(34-18-24-10-25(19-34)12-26(11-24)20-34)32(38-6-4-36)28-2-1-27(13-29(28)31)33-15-21-7-22(16-33)9-23(8-21)17-33/h1-2,13-14,21-26,35-36H,3-12,15-20H2. The first kappa shape index (κ1) is 24.1. The first-order valence-electron chi connectivity index (χ1n) is 15.7. The summed E-state index contributed by atoms with van der Waals surface area (Å²) in [4.78, 5) is 0. The van der Waals surface area contributed by atoms with E-state index < -0.39 is 0 Å². The molecule has 8 bridgehead atoms. The number of aliphatic hydroxyl groups is 2. The lowest BCUT2D eigenvalue weighted by Gasteiger charge is -2.57. The van der Waals surface area contributed by atoms with Crippen LogP contribution >= 0.6 is 0 Å². The van der Waals surface area contributed by atoms with E-state index in [9.17, 15) is 10.2 Å². The number of aliphatic hydroxyl groups excluding tert-OH is 2. The summed E-state index contributed by atoms with van der Waals surface area (Å²) in [7, 11) is 0. The molecule has 0 spiro atoms. The summed E-state index contributed by atoms with van der Waals surface area (Å²) in [5.74, 6) is 7.14. The fourth-order valence-electron chi connectivity index (χ4n) is 11.6. The Balaban J connectivity index is 1.28. The number of rotatable bonds is 8. The molecule has 0 amide bonds. The molecule has 0 aromatic heterocycles. The van der Waals surface area contributed by atoms with Gasteiger partial charge in [0.1, 0.15) is 24.7 Å². The molecule has 4 heteroatoms. The summed E-state index contributed by atoms with van der Waals surface area (Å²) in [6.07, 6.45) is 16.4. The van der Waals surface area contributed by atoms with E-state index in [0.717, 1.165) is 57.8 Å². The van der Waals surface area contributed by atoms with Crippen molar-refractivity contribution in [2.24, 2.45) is 35.5 Å². The molecule has 8 aliphatic rings. The summed E-state index contributed by atoms with van der Waals surface area (Å²) in [5.41, 5.74) is 3.28. The van der Waals surface area contributed by atoms with Crippen LogP contribution in [0.4, 0.5) is 0 Å². The highest BCUT2D eigenvalue weighted by Crippen LogP contribution is 2.64. The van der Waals surface area contributed by atoms with Gasteiger partial charge in [-0.2, -0.15) is 0 Å². The van der Waals surface area contributed by atoms with E-state index in [0.29, 0.717) is 18.6 Å². The second kappa shape index (κ2) is 8.86. The molecule has 0 aliphatic heterocycles. The van der Waals surface area contributed by atoms with Gasteiger partial charge in [0.2, 0.25) is 0 Å². The van der Waals surface area contributed by atoms with Gasteiger partial charge in [-0.05, 0) is 141 Å². The maximum absolute atomic E-state index is 9.76. The molecular weight excluding hydrogens is 472 g/mol. The van der Waals surface area contributed by atoms with Gasteiger partial charge in [-0.25, -0.2) is 0 Å². The van der Waals surface area contributed by atoms with Crippen molar-refractivity contribution in [1.82, 2.24) is 0 Å². The van der Waals surface area contributed by atoms with Gasteiger partial charge in [0.15, 0.2) is 0 Å². The van der Waals surface area contributed by atoms with Gasteiger partial charge in [0.05, 0.1) is 13.2 Å². The minimum atomic E-state index is 0.0195. The van der Waals surface area contributed by atoms with Crippen LogP contribution in [-0.2, 0) is 10.8 Å². The smallest absolute Gasteiger partial charge is 0.131 e. The predicted molar refractivity (Wildman–Crippen MR) is 149 cm³/mol. The average molecular weight is 517 g/mol. The van der Waals surface area contributed by atoms with E-state index in [4.69, 9.17) is 9.47 Å². The number of hydrogen-bond donors (Lipinski definition) is 2. The van der Waals surface area contributed by atoms with Crippen LogP contribution in [0.1, 0.15) is 88.2 Å². The molecule has 0 heterocycles. The van der Waals surface area contributed by atoms with Gasteiger partial charge in [-0.1, -0.05) is 12.1 Å². The molecule has 0 radical (unpaired) electrons. The molecule has 204 valence electrons. The quantitative estimate of drug-likeness (QED) is 0.420. The predicted octanol–water partition coefficient (Wildman–Crippen LogP) is 6.52. The van der Waals surface area contributed by atoms with Crippen molar-refractivity contribution in [3.63, 3.8) is 0 Å². The van der Waals surface area contributed by atoms with Gasteiger partial charge >= 0.3 is 0 Å². The Labute approximate surface area is 227 Å². The van der Waals surface area contributed by atoms with Crippen LogP contribution in [0, 0.1) is 35.5 Å². The van der Waals surface area contributed by atoms with Crippen molar-refractivity contribution < 1.29 is 19.7 Å². The summed E-state index contributed by atoms with van der Waals surface area (Å²) >= 11 is 0. The lowest BCUT2D eigenvalue weighted by Crippen LogP contribution is -2.48. The van der Waals surface area contributed by atoms with Crippen LogP contribution in [0.3, 0.4) is 0 Å². The second-order valence-corrected chi connectivity index (χ2v) is 14.6. The van der Waals surface area contributed by atoms with Gasteiger partial charge in [0.25, 0.3) is 0 Å². The van der Waals surface area contributed by atoms with Crippen LogP contribution in [-0.4, -0.2) is 36.6 Å². The molecule has 0 saturated heterocycles. The van der Waals surface area contributed by atoms with Crippen molar-refractivity contribution in [2.45, 2.75) is 87.9 Å². The SMILES string of the molecule is OCCOc1cc(C23CC4CC(CC(C4)C2)C3)c(OCCO)c2ccc(C34CC5CC(CC(C5)C3)C4)cc12. The van der Waals surface area contributed by atoms with Crippen molar-refractivity contribution in [2.75, 3.05) is 26.4 Å². The number of hydrogen-bond acceptors (Lipinski definition) is 4. The van der Waals surface area contributed by atoms with E-state index in [1.165, 1.54) is 88.2 Å². The molecule has 2 aromatic rings. The normalized spacial score (nSPS) is 40.3. The van der Waals surface area contributed by atoms with Gasteiger partial charge < -0.3 is 19.7 Å². The number of ether oxygens (including phenoxy) is 2. The molecule has 4 nitrogen and oxygen atoms in total. The highest BCUT2D eigenvalue weighted by atomic mass is 16.5. The van der Waals surface area contributed by atoms with E-state index in [1.807, 2.05) is 0 Å². The Hall–Kier alpha value is -1.78. The summed E-state index contributed by atoms with van der Waals surface area (Å²) in [6.45, 7) is 0.678. The molecule has 0 atom stereocenters. The van der Waals surface area contributed by atoms with Crippen molar-refractivity contribution in [1.29, 1.82) is 0 Å². The Morgan fingerprint density at radius 3 is 1.63 bits per heavy atom. The maximum Gasteiger partial charge on any atom is 0.131 e. The molecular formula is C34H44O4. The van der Waals surface area contributed by atoms with Gasteiger partial charge in [-0.3, -0.25) is 0 Å². The Morgan fingerprint density at radius 1 is 0.605 bits per heavy atom. The molecule has 8 fully saturated rings. The third kappa shape index (κ3) is 3.69. The monoisotopic (exact) mass is 516 g/mol. The second-order valence-electron chi connectivity index (χ2n) is 14.6. The van der Waals surface area contributed by atoms with Gasteiger partial charge in [0, 0.05) is 16.3 Å². The van der Waals surface area contributed by atoms with Gasteiger partial charge in [-0.15, -0.1) is 0 Å². The highest BCUT2D eigenvalue weighted by molar-refractivity contribution is 5.95. The molecule has 0 unspecified atom stereocenters. The lowest BCUT2D eigenvalue weighted by molar-refractivity contribution is -0.00658. The molecule has 8 aliphatic carbocycles. The first-order valence-corrected chi connectivity index (χ1v) is 15.7. The zero-order chi connectivity index (χ0) is 25.5. The maximum atomic E-state index is 9.76. The third-order valence-corrected chi connectivity index (χ3v) is 12.0. The lowest BCUT2D eigenvalue weighted by atomic mass is 9.47. The van der Waals surface area contributed by atoms with Crippen molar-refractivity contribution in [3.05, 3.63) is 35.4 Å². The Morgan fingerprint density at radius 2 is 1.11 bits per heavy atom. The molecule has 2 aromatic carbocycles. The van der Waals surface area contributed by atoms with Crippen LogP contribution < -0.4 is 9.47 Å². The Kier molecular flexibility index (Phi) is 5.61. The van der Waals surface area contributed by atoms with Crippen LogP contribution in [0.5, 0.6) is 11.5 Å². The fraction of sp³-hybridized carbons (Fsp3) is 0.706. The fourth-order valence-corrected chi connectivity index (χ4v) is 11.6. The third-order valence-electron chi connectivity index (χ3n) is 12.0. The van der Waals surface area contributed by atoms with Crippen molar-refractivity contribution >= 4 is 10.8 Å². The Bertz CT molecular complexity index is 1160. The van der Waals surface area contributed by atoms with E-state index in [2.05, 4.69) is 24.3 Å². The first-order chi connectivity index (χ1) is 18.6. The number of fused-ring (bicyclic) bond motifs is 1. The zero-order valence-electron chi connectivity index (χ0n) is 22.8. The highest BCUT2D eigenvalue weighted by Gasteiger charge is 2.54. The van der Waals surface area contributed by atoms with E-state index >= 15 is 0 Å². The van der Waals surface area contributed by atoms with E-state index in [1.54, 1.807) is 0 Å². The zero-order valence-corrected chi connectivity index (χ0v) is 22.8. The summed E-state index contributed by atoms with van der Waals surface area (Å²) in [6, 6.07) is 9.48. The van der Waals surface area contributed by atoms with E-state index in [-0.39, 0.29) is 18.6 Å². The molecule has 38 heavy (non-hydrogen) atoms. The minimum absolute atomic E-state index is 0.0195. The summed E-state index contributed by atoms with van der Waals surface area (Å²) in [5, 5.41) is 21.7. The average Bonchev–Trinajstić information content (AvgIpc) is 2.89. The summed E-state index contributed by atoms with van der Waals surface area (Å²) < 4.78 is 12.8. The molecule has 8 saturated carbocycles. The van der Waals surface area contributed by atoms with Crippen LogP contribution in [0.2, 0.25) is 0 Å². The van der Waals surface area contributed by atoms with Crippen LogP contribution in [0.15, 0.2) is 24.3 Å². The minimum Gasteiger partial charge on any atom is -0.491 e. The topological polar surface area (TPSA) is 58.9 Å². The van der Waals surface area contributed by atoms with Crippen molar-refractivity contribution in [3.8, 4) is 11.5 Å². The molecule has 2 N–H and O–H groups in total.